The lowest BCUT2D eigenvalue weighted by Crippen LogP contribution is -2.28. The molecule has 0 saturated heterocycles. The molecule has 0 spiro atoms. The molecular formula is C20H25ClN2O3. The first-order valence-electron chi connectivity index (χ1n) is 8.39. The third kappa shape index (κ3) is 5.19. The number of aromatic nitrogens is 1. The number of nitrogens with one attached hydrogen (secondary N) is 1. The van der Waals surface area contributed by atoms with Gasteiger partial charge >= 0.3 is 6.09 Å². The van der Waals surface area contributed by atoms with Crippen LogP contribution in [0.3, 0.4) is 0 Å². The number of anilines is 1. The van der Waals surface area contributed by atoms with E-state index in [9.17, 15) is 9.90 Å². The summed E-state index contributed by atoms with van der Waals surface area (Å²) in [5.41, 5.74) is 0.833. The van der Waals surface area contributed by atoms with Gasteiger partial charge in [-0.3, -0.25) is 10.3 Å². The Morgan fingerprint density at radius 1 is 1.12 bits per heavy atom. The minimum absolute atomic E-state index is 0.500. The van der Waals surface area contributed by atoms with Crippen molar-refractivity contribution in [3.05, 3.63) is 58.9 Å². The van der Waals surface area contributed by atoms with Crippen molar-refractivity contribution < 1.29 is 14.6 Å². The Kier molecular flexibility index (Phi) is 5.94. The lowest BCUT2D eigenvalue weighted by atomic mass is 9.78. The van der Waals surface area contributed by atoms with E-state index in [0.29, 0.717) is 16.4 Å². The number of ether oxygens (including phenoxy) is 1. The van der Waals surface area contributed by atoms with E-state index in [1.54, 1.807) is 45.0 Å². The van der Waals surface area contributed by atoms with E-state index >= 15 is 0 Å². The molecule has 1 aromatic heterocycles. The molecule has 1 aromatic carbocycles. The summed E-state index contributed by atoms with van der Waals surface area (Å²) in [6.45, 7) is 9.26. The summed E-state index contributed by atoms with van der Waals surface area (Å²) in [6, 6.07) is 10.8. The summed E-state index contributed by atoms with van der Waals surface area (Å²) in [5.74, 6) is 0. The van der Waals surface area contributed by atoms with Crippen LogP contribution in [0, 0.1) is 0 Å². The maximum atomic E-state index is 11.8. The van der Waals surface area contributed by atoms with E-state index in [4.69, 9.17) is 16.3 Å². The lowest BCUT2D eigenvalue weighted by Gasteiger charge is -2.31. The summed E-state index contributed by atoms with van der Waals surface area (Å²) in [4.78, 5) is 16.1. The van der Waals surface area contributed by atoms with Gasteiger partial charge in [0.15, 0.2) is 0 Å². The van der Waals surface area contributed by atoms with Gasteiger partial charge in [0.2, 0.25) is 0 Å². The van der Waals surface area contributed by atoms with Crippen LogP contribution in [0.15, 0.2) is 42.6 Å². The molecule has 1 amide bonds. The number of pyridine rings is 1. The molecule has 0 radical (unpaired) electrons. The van der Waals surface area contributed by atoms with Gasteiger partial charge in [-0.1, -0.05) is 37.6 Å². The Hall–Kier alpha value is -2.11. The van der Waals surface area contributed by atoms with Gasteiger partial charge in [0.25, 0.3) is 0 Å². The fourth-order valence-electron chi connectivity index (χ4n) is 2.47. The number of nitrogens with zero attached hydrogens (tertiary/aromatic N) is 1. The molecule has 1 atom stereocenters. The van der Waals surface area contributed by atoms with Gasteiger partial charge in [0, 0.05) is 10.4 Å². The van der Waals surface area contributed by atoms with Crippen molar-refractivity contribution >= 4 is 23.4 Å². The molecule has 2 N–H and O–H groups in total. The molecule has 0 fully saturated rings. The Balaban J connectivity index is 2.11. The highest BCUT2D eigenvalue weighted by molar-refractivity contribution is 6.30. The normalized spacial score (nSPS) is 13.2. The van der Waals surface area contributed by atoms with Gasteiger partial charge in [0.1, 0.15) is 11.7 Å². The van der Waals surface area contributed by atoms with Crippen LogP contribution < -0.4 is 5.32 Å². The molecule has 5 nitrogen and oxygen atoms in total. The van der Waals surface area contributed by atoms with E-state index in [0.717, 1.165) is 5.56 Å². The van der Waals surface area contributed by atoms with Gasteiger partial charge in [-0.05, 0) is 50.6 Å². The van der Waals surface area contributed by atoms with Crippen molar-refractivity contribution in [3.8, 4) is 0 Å². The average molecular weight is 377 g/mol. The van der Waals surface area contributed by atoms with Crippen molar-refractivity contribution in [3.63, 3.8) is 0 Å². The zero-order valence-corrected chi connectivity index (χ0v) is 16.5. The molecule has 26 heavy (non-hydrogen) atoms. The average Bonchev–Trinajstić information content (AvgIpc) is 2.53. The van der Waals surface area contributed by atoms with E-state index in [-0.39, 0.29) is 0 Å². The van der Waals surface area contributed by atoms with Crippen molar-refractivity contribution in [2.24, 2.45) is 0 Å². The van der Waals surface area contributed by atoms with Gasteiger partial charge in [-0.25, -0.2) is 4.79 Å². The molecule has 2 aromatic rings. The van der Waals surface area contributed by atoms with Crippen molar-refractivity contribution in [1.29, 1.82) is 0 Å². The lowest BCUT2D eigenvalue weighted by molar-refractivity contribution is 0.0636. The van der Waals surface area contributed by atoms with Crippen LogP contribution in [0.2, 0.25) is 5.02 Å². The van der Waals surface area contributed by atoms with Crippen LogP contribution in [-0.4, -0.2) is 21.8 Å². The summed E-state index contributed by atoms with van der Waals surface area (Å²) >= 11 is 5.94. The second kappa shape index (κ2) is 7.64. The molecule has 1 heterocycles. The van der Waals surface area contributed by atoms with Gasteiger partial charge in [0.05, 0.1) is 17.6 Å². The SMILES string of the molecule is CC(C)(C)OC(=O)Nc1ccc(C(O)C(C)(C)c2ccc(Cl)cc2)nc1. The summed E-state index contributed by atoms with van der Waals surface area (Å²) in [7, 11) is 0. The Labute approximate surface area is 159 Å². The van der Waals surface area contributed by atoms with Crippen LogP contribution in [0.25, 0.3) is 0 Å². The van der Waals surface area contributed by atoms with Gasteiger partial charge in [-0.2, -0.15) is 0 Å². The molecule has 140 valence electrons. The topological polar surface area (TPSA) is 71.5 Å². The monoisotopic (exact) mass is 376 g/mol. The van der Waals surface area contributed by atoms with Crippen LogP contribution in [0.5, 0.6) is 0 Å². The second-order valence-corrected chi connectivity index (χ2v) is 8.17. The largest absolute Gasteiger partial charge is 0.444 e. The maximum Gasteiger partial charge on any atom is 0.412 e. The number of carbonyl (C=O) groups is 1. The van der Waals surface area contributed by atoms with Crippen molar-refractivity contribution in [2.45, 2.75) is 51.7 Å². The predicted molar refractivity (Wildman–Crippen MR) is 104 cm³/mol. The van der Waals surface area contributed by atoms with Crippen molar-refractivity contribution in [2.75, 3.05) is 5.32 Å². The summed E-state index contributed by atoms with van der Waals surface area (Å²) < 4.78 is 5.20. The molecule has 0 aliphatic heterocycles. The molecule has 0 aliphatic rings. The number of carbonyl (C=O) groups excluding carboxylic acids is 1. The first-order chi connectivity index (χ1) is 12.0. The highest BCUT2D eigenvalue weighted by atomic mass is 35.5. The van der Waals surface area contributed by atoms with Crippen LogP contribution >= 0.6 is 11.6 Å². The Morgan fingerprint density at radius 2 is 1.73 bits per heavy atom. The minimum Gasteiger partial charge on any atom is -0.444 e. The molecule has 0 saturated carbocycles. The van der Waals surface area contributed by atoms with E-state index in [1.807, 2.05) is 26.0 Å². The maximum absolute atomic E-state index is 11.8. The van der Waals surface area contributed by atoms with Crippen LogP contribution in [0.1, 0.15) is 52.0 Å². The van der Waals surface area contributed by atoms with Crippen LogP contribution in [0.4, 0.5) is 10.5 Å². The highest BCUT2D eigenvalue weighted by Gasteiger charge is 2.32. The predicted octanol–water partition coefficient (Wildman–Crippen LogP) is 5.09. The zero-order valence-electron chi connectivity index (χ0n) is 15.7. The number of amides is 1. The smallest absolute Gasteiger partial charge is 0.412 e. The fraction of sp³-hybridized carbons (Fsp3) is 0.400. The Morgan fingerprint density at radius 3 is 2.23 bits per heavy atom. The number of hydrogen-bond acceptors (Lipinski definition) is 4. The summed E-state index contributed by atoms with van der Waals surface area (Å²) in [6.07, 6.45) is 0.133. The highest BCUT2D eigenvalue weighted by Crippen LogP contribution is 2.36. The molecule has 6 heteroatoms. The first kappa shape index (κ1) is 20.2. The Bertz CT molecular complexity index is 750. The van der Waals surface area contributed by atoms with E-state index in [2.05, 4.69) is 10.3 Å². The fourth-order valence-corrected chi connectivity index (χ4v) is 2.60. The van der Waals surface area contributed by atoms with Gasteiger partial charge in [-0.15, -0.1) is 0 Å². The molecule has 2 rings (SSSR count). The number of halogens is 1. The molecule has 1 unspecified atom stereocenters. The number of hydrogen-bond donors (Lipinski definition) is 2. The third-order valence-corrected chi connectivity index (χ3v) is 4.24. The zero-order chi connectivity index (χ0) is 19.5. The van der Waals surface area contributed by atoms with E-state index in [1.165, 1.54) is 6.20 Å². The van der Waals surface area contributed by atoms with E-state index < -0.39 is 23.2 Å². The molecular weight excluding hydrogens is 352 g/mol. The molecule has 0 bridgehead atoms. The third-order valence-electron chi connectivity index (χ3n) is 3.98. The second-order valence-electron chi connectivity index (χ2n) is 7.73. The first-order valence-corrected chi connectivity index (χ1v) is 8.77. The van der Waals surface area contributed by atoms with Crippen molar-refractivity contribution in [1.82, 2.24) is 4.98 Å². The summed E-state index contributed by atoms with van der Waals surface area (Å²) in [5, 5.41) is 14.1. The van der Waals surface area contributed by atoms with Gasteiger partial charge < -0.3 is 9.84 Å². The number of aliphatic hydroxyl groups excluding tert-OH is 1. The quantitative estimate of drug-likeness (QED) is 0.779. The minimum atomic E-state index is -0.820. The number of rotatable bonds is 4. The molecule has 0 aliphatic carbocycles. The van der Waals surface area contributed by atoms with Crippen LogP contribution in [-0.2, 0) is 10.2 Å². The number of benzene rings is 1. The standard InChI is InChI=1S/C20H25ClN2O3/c1-19(2,3)26-18(25)23-15-10-11-16(22-12-15)17(24)20(4,5)13-6-8-14(21)9-7-13/h6-12,17,24H,1-5H3,(H,23,25). The number of aliphatic hydroxyl groups is 1.